The second kappa shape index (κ2) is 7.16. The van der Waals surface area contributed by atoms with Crippen molar-refractivity contribution in [3.63, 3.8) is 0 Å². The fraction of sp³-hybridized carbons (Fsp3) is 0.588. The van der Waals surface area contributed by atoms with Gasteiger partial charge in [-0.1, -0.05) is 74.2 Å². The molecule has 20 heavy (non-hydrogen) atoms. The highest BCUT2D eigenvalue weighted by atomic mass is 32.2. The largest absolute Gasteiger partial charge is 0.362 e. The lowest BCUT2D eigenvalue weighted by molar-refractivity contribution is 0.430. The molecule has 0 amide bonds. The van der Waals surface area contributed by atoms with Crippen molar-refractivity contribution in [2.75, 3.05) is 5.75 Å². The minimum Gasteiger partial charge on any atom is -0.362 e. The van der Waals surface area contributed by atoms with E-state index in [2.05, 4.69) is 35.6 Å². The van der Waals surface area contributed by atoms with E-state index in [4.69, 9.17) is 4.99 Å². The summed E-state index contributed by atoms with van der Waals surface area (Å²) >= 11 is 1.89. The summed E-state index contributed by atoms with van der Waals surface area (Å²) in [4.78, 5) is 4.87. The zero-order valence-corrected chi connectivity index (χ0v) is 12.9. The van der Waals surface area contributed by atoms with Crippen molar-refractivity contribution < 1.29 is 0 Å². The molecule has 1 aromatic carbocycles. The van der Waals surface area contributed by atoms with E-state index < -0.39 is 0 Å². The molecule has 1 saturated carbocycles. The molecule has 1 heterocycles. The number of rotatable bonds is 2. The van der Waals surface area contributed by atoms with E-state index in [9.17, 15) is 0 Å². The van der Waals surface area contributed by atoms with Crippen molar-refractivity contribution in [3.8, 4) is 0 Å². The van der Waals surface area contributed by atoms with Gasteiger partial charge in [-0.2, -0.15) is 0 Å². The van der Waals surface area contributed by atoms with E-state index in [-0.39, 0.29) is 0 Å². The fourth-order valence-corrected chi connectivity index (χ4v) is 4.11. The quantitative estimate of drug-likeness (QED) is 0.864. The smallest absolute Gasteiger partial charge is 0.157 e. The molecule has 0 saturated heterocycles. The van der Waals surface area contributed by atoms with Gasteiger partial charge in [0.2, 0.25) is 0 Å². The zero-order chi connectivity index (χ0) is 13.6. The predicted molar refractivity (Wildman–Crippen MR) is 88.3 cm³/mol. The van der Waals surface area contributed by atoms with Gasteiger partial charge >= 0.3 is 0 Å². The number of nitrogens with one attached hydrogen (secondary N) is 1. The molecule has 0 aromatic heterocycles. The molecule has 0 radical (unpaired) electrons. The summed E-state index contributed by atoms with van der Waals surface area (Å²) in [6.45, 7) is 0. The van der Waals surface area contributed by atoms with E-state index in [1.54, 1.807) is 0 Å². The molecule has 1 unspecified atom stereocenters. The summed E-state index contributed by atoms with van der Waals surface area (Å²) in [7, 11) is 0. The Balaban J connectivity index is 1.57. The molecule has 1 N–H and O–H groups in total. The Morgan fingerprint density at radius 1 is 0.950 bits per heavy atom. The monoisotopic (exact) mass is 288 g/mol. The summed E-state index contributed by atoms with van der Waals surface area (Å²) in [5.74, 6) is 1.08. The number of hydrogen-bond donors (Lipinski definition) is 1. The molecule has 0 spiro atoms. The number of thioether (sulfide) groups is 1. The maximum atomic E-state index is 4.87. The number of amidine groups is 1. The van der Waals surface area contributed by atoms with Crippen LogP contribution in [0.4, 0.5) is 0 Å². The van der Waals surface area contributed by atoms with Gasteiger partial charge in [0.25, 0.3) is 0 Å². The second-order valence-electron chi connectivity index (χ2n) is 5.86. The van der Waals surface area contributed by atoms with Crippen LogP contribution in [-0.2, 0) is 0 Å². The van der Waals surface area contributed by atoms with E-state index in [1.165, 1.54) is 55.7 Å². The Morgan fingerprint density at radius 2 is 1.65 bits per heavy atom. The molecular weight excluding hydrogens is 264 g/mol. The van der Waals surface area contributed by atoms with Gasteiger partial charge in [-0.25, -0.2) is 0 Å². The van der Waals surface area contributed by atoms with Crippen LogP contribution in [0.3, 0.4) is 0 Å². The van der Waals surface area contributed by atoms with Crippen LogP contribution in [-0.4, -0.2) is 17.0 Å². The first-order valence-electron chi connectivity index (χ1n) is 7.94. The molecule has 3 heteroatoms. The van der Waals surface area contributed by atoms with Crippen LogP contribution in [0.25, 0.3) is 0 Å². The van der Waals surface area contributed by atoms with Crippen molar-refractivity contribution in [2.45, 2.75) is 57.0 Å². The van der Waals surface area contributed by atoms with Gasteiger partial charge in [0.05, 0.1) is 6.04 Å². The van der Waals surface area contributed by atoms with Gasteiger partial charge in [-0.3, -0.25) is 4.99 Å². The molecule has 2 nitrogen and oxygen atoms in total. The highest BCUT2D eigenvalue weighted by Crippen LogP contribution is 2.30. The van der Waals surface area contributed by atoms with E-state index in [0.717, 1.165) is 5.75 Å². The standard InChI is InChI=1S/C17H24N2S/c1-2-7-11-15(12-8-3-1)18-17-19-16(13-20-17)14-9-5-4-6-10-14/h4-6,9-10,15-16H,1-3,7-8,11-13H2,(H,18,19). The van der Waals surface area contributed by atoms with Crippen LogP contribution in [0.15, 0.2) is 35.3 Å². The molecule has 108 valence electrons. The van der Waals surface area contributed by atoms with Crippen molar-refractivity contribution >= 4 is 16.9 Å². The molecule has 1 fully saturated rings. The third kappa shape index (κ3) is 3.78. The maximum Gasteiger partial charge on any atom is 0.157 e. The van der Waals surface area contributed by atoms with Crippen LogP contribution < -0.4 is 5.32 Å². The van der Waals surface area contributed by atoms with Crippen LogP contribution in [0.2, 0.25) is 0 Å². The lowest BCUT2D eigenvalue weighted by Gasteiger charge is -2.21. The van der Waals surface area contributed by atoms with Gasteiger partial charge in [-0.15, -0.1) is 0 Å². The van der Waals surface area contributed by atoms with Crippen LogP contribution >= 0.6 is 11.8 Å². The normalized spacial score (nSPS) is 24.8. The Hall–Kier alpha value is -0.960. The summed E-state index contributed by atoms with van der Waals surface area (Å²) < 4.78 is 0. The Kier molecular flexibility index (Phi) is 5.01. The number of hydrogen-bond acceptors (Lipinski definition) is 3. The topological polar surface area (TPSA) is 24.4 Å². The van der Waals surface area contributed by atoms with Crippen LogP contribution in [0, 0.1) is 0 Å². The SMILES string of the molecule is c1ccc(C2CSC(NC3CCCCCCC3)=N2)cc1. The summed E-state index contributed by atoms with van der Waals surface area (Å²) in [5, 5.41) is 4.87. The Labute approximate surface area is 126 Å². The molecule has 2 aliphatic rings. The average Bonchev–Trinajstić information content (AvgIpc) is 2.91. The highest BCUT2D eigenvalue weighted by Gasteiger charge is 2.21. The first kappa shape index (κ1) is 14.0. The molecule has 3 rings (SSSR count). The van der Waals surface area contributed by atoms with Crippen LogP contribution in [0.1, 0.15) is 56.6 Å². The molecule has 1 atom stereocenters. The van der Waals surface area contributed by atoms with Gasteiger partial charge in [0.1, 0.15) is 0 Å². The van der Waals surface area contributed by atoms with Crippen molar-refractivity contribution in [1.29, 1.82) is 0 Å². The first-order valence-corrected chi connectivity index (χ1v) is 8.92. The Bertz CT molecular complexity index is 436. The lowest BCUT2D eigenvalue weighted by Crippen LogP contribution is -2.32. The molecule has 1 aliphatic heterocycles. The Morgan fingerprint density at radius 3 is 2.40 bits per heavy atom. The highest BCUT2D eigenvalue weighted by molar-refractivity contribution is 8.14. The molecular formula is C17H24N2S. The zero-order valence-electron chi connectivity index (χ0n) is 12.1. The third-order valence-corrected chi connectivity index (χ3v) is 5.25. The third-order valence-electron chi connectivity index (χ3n) is 4.27. The van der Waals surface area contributed by atoms with Crippen molar-refractivity contribution in [2.24, 2.45) is 4.99 Å². The summed E-state index contributed by atoms with van der Waals surface area (Å²) in [6.07, 6.45) is 9.62. The van der Waals surface area contributed by atoms with E-state index in [1.807, 2.05) is 11.8 Å². The average molecular weight is 288 g/mol. The van der Waals surface area contributed by atoms with Gasteiger partial charge in [-0.05, 0) is 18.4 Å². The number of benzene rings is 1. The lowest BCUT2D eigenvalue weighted by atomic mass is 9.97. The van der Waals surface area contributed by atoms with E-state index >= 15 is 0 Å². The molecule has 1 aromatic rings. The summed E-state index contributed by atoms with van der Waals surface area (Å²) in [5.41, 5.74) is 1.34. The number of aliphatic imine (C=N–C) groups is 1. The van der Waals surface area contributed by atoms with E-state index in [0.29, 0.717) is 12.1 Å². The fourth-order valence-electron chi connectivity index (χ4n) is 3.07. The van der Waals surface area contributed by atoms with Crippen molar-refractivity contribution in [1.82, 2.24) is 5.32 Å². The second-order valence-corrected chi connectivity index (χ2v) is 6.87. The van der Waals surface area contributed by atoms with Gasteiger partial charge in [0.15, 0.2) is 5.17 Å². The number of nitrogens with zero attached hydrogens (tertiary/aromatic N) is 1. The minimum atomic E-state index is 0.345. The van der Waals surface area contributed by atoms with Crippen molar-refractivity contribution in [3.05, 3.63) is 35.9 Å². The van der Waals surface area contributed by atoms with Gasteiger partial charge in [0, 0.05) is 11.8 Å². The molecule has 0 bridgehead atoms. The molecule has 1 aliphatic carbocycles. The minimum absolute atomic E-state index is 0.345. The summed E-state index contributed by atoms with van der Waals surface area (Å²) in [6, 6.07) is 11.7. The van der Waals surface area contributed by atoms with Gasteiger partial charge < -0.3 is 5.32 Å². The van der Waals surface area contributed by atoms with Crippen LogP contribution in [0.5, 0.6) is 0 Å². The predicted octanol–water partition coefficient (Wildman–Crippen LogP) is 4.53. The maximum absolute atomic E-state index is 4.87. The first-order chi connectivity index (χ1) is 9.92.